The van der Waals surface area contributed by atoms with Gasteiger partial charge in [0, 0.05) is 39.9 Å². The molecule has 0 heterocycles. The summed E-state index contributed by atoms with van der Waals surface area (Å²) >= 11 is 0. The van der Waals surface area contributed by atoms with Gasteiger partial charge in [-0.1, -0.05) is 21.6 Å². The van der Waals surface area contributed by atoms with Crippen molar-refractivity contribution in [3.05, 3.63) is 0 Å². The summed E-state index contributed by atoms with van der Waals surface area (Å²) in [6.07, 6.45) is 2.31. The Balaban J connectivity index is 3.45. The van der Waals surface area contributed by atoms with Crippen LogP contribution in [0.3, 0.4) is 0 Å². The van der Waals surface area contributed by atoms with Crippen molar-refractivity contribution in [3.8, 4) is 0 Å². The lowest BCUT2D eigenvalue weighted by molar-refractivity contribution is 0.249. The van der Waals surface area contributed by atoms with Crippen LogP contribution in [-0.4, -0.2) is 57.1 Å². The predicted octanol–water partition coefficient (Wildman–Crippen LogP) is 4.53. The topological polar surface area (TPSA) is 36.9 Å². The molecule has 0 spiro atoms. The minimum Gasteiger partial charge on any atom is -0.398 e. The average Bonchev–Trinajstić information content (AvgIpc) is 2.52. The molecule has 9 heteroatoms. The first kappa shape index (κ1) is 22.3. The molecule has 0 aliphatic rings. The number of hydrogen-bond donors (Lipinski definition) is 0. The van der Waals surface area contributed by atoms with E-state index < -0.39 is 17.1 Å². The summed E-state index contributed by atoms with van der Waals surface area (Å²) in [5, 5.41) is 0. The summed E-state index contributed by atoms with van der Waals surface area (Å²) in [6.45, 7) is 4.23. The van der Waals surface area contributed by atoms with Gasteiger partial charge < -0.3 is 17.7 Å². The Morgan fingerprint density at radius 2 is 1.00 bits per heavy atom. The first-order chi connectivity index (χ1) is 9.95. The molecule has 0 unspecified atom stereocenters. The van der Waals surface area contributed by atoms with Crippen molar-refractivity contribution in [1.82, 2.24) is 0 Å². The molecule has 0 radical (unpaired) electrons. The maximum absolute atomic E-state index is 5.48. The first-order valence-electron chi connectivity index (χ1n) is 7.07. The smallest absolute Gasteiger partial charge is 0.334 e. The van der Waals surface area contributed by atoms with Gasteiger partial charge in [0.25, 0.3) is 0 Å². The lowest BCUT2D eigenvalue weighted by Gasteiger charge is -2.22. The third-order valence-corrected chi connectivity index (χ3v) is 13.9. The van der Waals surface area contributed by atoms with E-state index in [9.17, 15) is 0 Å². The normalized spacial score (nSPS) is 12.9. The number of hydrogen-bond acceptors (Lipinski definition) is 7. The standard InChI is InChI=1S/C12H30O4S3Si2/c1-13-20(5,14-2)11-7-9-17-19-18-10-8-12-21(6,15-3)16-4/h7-12H2,1-6H3. The van der Waals surface area contributed by atoms with Crippen LogP contribution in [0.5, 0.6) is 0 Å². The van der Waals surface area contributed by atoms with Crippen LogP contribution in [0.1, 0.15) is 12.8 Å². The van der Waals surface area contributed by atoms with E-state index >= 15 is 0 Å². The van der Waals surface area contributed by atoms with Crippen molar-refractivity contribution < 1.29 is 17.7 Å². The zero-order valence-corrected chi connectivity index (χ0v) is 18.5. The van der Waals surface area contributed by atoms with Crippen LogP contribution in [0.15, 0.2) is 0 Å². The first-order valence-corrected chi connectivity index (χ1v) is 15.9. The Hall–Kier alpha value is 1.32. The van der Waals surface area contributed by atoms with Crippen molar-refractivity contribution in [2.45, 2.75) is 38.0 Å². The molecule has 0 saturated heterocycles. The molecule has 0 fully saturated rings. The molecular formula is C12H30O4S3Si2. The SMILES string of the molecule is CO[Si](C)(CCCSSSCCC[Si](C)(OC)OC)OC. The van der Waals surface area contributed by atoms with E-state index in [1.54, 1.807) is 28.4 Å². The van der Waals surface area contributed by atoms with Crippen LogP contribution in [-0.2, 0) is 17.7 Å². The average molecular weight is 391 g/mol. The van der Waals surface area contributed by atoms with E-state index in [2.05, 4.69) is 13.1 Å². The molecule has 21 heavy (non-hydrogen) atoms. The van der Waals surface area contributed by atoms with E-state index in [-0.39, 0.29) is 0 Å². The Labute approximate surface area is 144 Å². The van der Waals surface area contributed by atoms with Crippen molar-refractivity contribution in [3.63, 3.8) is 0 Å². The van der Waals surface area contributed by atoms with Crippen LogP contribution in [0, 0.1) is 0 Å². The molecule has 0 aliphatic heterocycles. The molecule has 0 atom stereocenters. The quantitative estimate of drug-likeness (QED) is 0.245. The van der Waals surface area contributed by atoms with Gasteiger partial charge in [0.1, 0.15) is 0 Å². The van der Waals surface area contributed by atoms with Crippen LogP contribution in [0.25, 0.3) is 0 Å². The predicted molar refractivity (Wildman–Crippen MR) is 103 cm³/mol. The third-order valence-electron chi connectivity index (χ3n) is 3.54. The van der Waals surface area contributed by atoms with Crippen molar-refractivity contribution in [2.75, 3.05) is 39.9 Å². The van der Waals surface area contributed by atoms with Gasteiger partial charge in [-0.25, -0.2) is 0 Å². The molecule has 0 aromatic heterocycles. The highest BCUT2D eigenvalue weighted by atomic mass is 33.5. The van der Waals surface area contributed by atoms with Gasteiger partial charge in [-0.15, -0.1) is 0 Å². The van der Waals surface area contributed by atoms with Gasteiger partial charge in [-0.05, 0) is 47.8 Å². The van der Waals surface area contributed by atoms with Gasteiger partial charge in [-0.2, -0.15) is 0 Å². The molecule has 0 N–H and O–H groups in total. The molecule has 128 valence electrons. The van der Waals surface area contributed by atoms with Crippen molar-refractivity contribution >= 4 is 48.5 Å². The van der Waals surface area contributed by atoms with Gasteiger partial charge >= 0.3 is 17.1 Å². The van der Waals surface area contributed by atoms with Gasteiger partial charge in [0.2, 0.25) is 0 Å². The Morgan fingerprint density at radius 1 is 0.667 bits per heavy atom. The summed E-state index contributed by atoms with van der Waals surface area (Å²) < 4.78 is 21.9. The fourth-order valence-electron chi connectivity index (χ4n) is 1.58. The van der Waals surface area contributed by atoms with E-state index in [1.165, 1.54) is 0 Å². The molecule has 0 aromatic carbocycles. The summed E-state index contributed by atoms with van der Waals surface area (Å²) in [5.74, 6) is 2.30. The van der Waals surface area contributed by atoms with Crippen LogP contribution in [0.4, 0.5) is 0 Å². The molecule has 0 saturated carbocycles. The van der Waals surface area contributed by atoms with Crippen molar-refractivity contribution in [1.29, 1.82) is 0 Å². The lowest BCUT2D eigenvalue weighted by Crippen LogP contribution is -2.35. The number of rotatable bonds is 14. The van der Waals surface area contributed by atoms with E-state index in [0.717, 1.165) is 36.4 Å². The molecule has 0 aliphatic carbocycles. The largest absolute Gasteiger partial charge is 0.398 e. The fourth-order valence-corrected chi connectivity index (χ4v) is 8.77. The highest BCUT2D eigenvalue weighted by Gasteiger charge is 2.28. The van der Waals surface area contributed by atoms with E-state index in [4.69, 9.17) is 17.7 Å². The van der Waals surface area contributed by atoms with Crippen molar-refractivity contribution in [2.24, 2.45) is 0 Å². The highest BCUT2D eigenvalue weighted by molar-refractivity contribution is 9.09. The van der Waals surface area contributed by atoms with Gasteiger partial charge in [-0.3, -0.25) is 0 Å². The molecule has 0 bridgehead atoms. The Bertz CT molecular complexity index is 231. The van der Waals surface area contributed by atoms with E-state index in [0.29, 0.717) is 0 Å². The summed E-state index contributed by atoms with van der Waals surface area (Å²) in [6, 6.07) is 2.12. The molecule has 0 aromatic rings. The molecule has 0 amide bonds. The van der Waals surface area contributed by atoms with Crippen LogP contribution in [0.2, 0.25) is 25.2 Å². The summed E-state index contributed by atoms with van der Waals surface area (Å²) in [5.41, 5.74) is 0. The molecule has 4 nitrogen and oxygen atoms in total. The van der Waals surface area contributed by atoms with Crippen LogP contribution >= 0.6 is 31.4 Å². The fraction of sp³-hybridized carbons (Fsp3) is 1.00. The Morgan fingerprint density at radius 3 is 1.29 bits per heavy atom. The maximum atomic E-state index is 5.48. The summed E-state index contributed by atoms with van der Waals surface area (Å²) in [7, 11) is 9.03. The highest BCUT2D eigenvalue weighted by Crippen LogP contribution is 2.36. The molecule has 0 rings (SSSR count). The van der Waals surface area contributed by atoms with Gasteiger partial charge in [0.15, 0.2) is 0 Å². The van der Waals surface area contributed by atoms with Gasteiger partial charge in [0.05, 0.1) is 0 Å². The Kier molecular flexibility index (Phi) is 13.5. The summed E-state index contributed by atoms with van der Waals surface area (Å²) in [4.78, 5) is 0. The second kappa shape index (κ2) is 12.7. The van der Waals surface area contributed by atoms with Crippen LogP contribution < -0.4 is 0 Å². The monoisotopic (exact) mass is 390 g/mol. The third kappa shape index (κ3) is 10.7. The second-order valence-corrected chi connectivity index (χ2v) is 16.6. The zero-order valence-electron chi connectivity index (χ0n) is 14.1. The maximum Gasteiger partial charge on any atom is 0.334 e. The zero-order chi connectivity index (χ0) is 16.2. The second-order valence-electron chi connectivity index (χ2n) is 5.00. The lowest BCUT2D eigenvalue weighted by atomic mass is 10.6. The molecular weight excluding hydrogens is 361 g/mol. The van der Waals surface area contributed by atoms with E-state index in [1.807, 2.05) is 31.4 Å². The minimum atomic E-state index is -1.86. The minimum absolute atomic E-state index is 1.06.